The van der Waals surface area contributed by atoms with Crippen molar-refractivity contribution in [3.63, 3.8) is 0 Å². The molecule has 0 radical (unpaired) electrons. The summed E-state index contributed by atoms with van der Waals surface area (Å²) in [7, 11) is 3.94. The van der Waals surface area contributed by atoms with E-state index in [2.05, 4.69) is 9.88 Å². The van der Waals surface area contributed by atoms with E-state index in [0.717, 1.165) is 36.0 Å². The van der Waals surface area contributed by atoms with Gasteiger partial charge in [-0.25, -0.2) is 9.97 Å². The molecule has 2 aliphatic heterocycles. The minimum Gasteiger partial charge on any atom is -0.378 e. The van der Waals surface area contributed by atoms with E-state index in [0.29, 0.717) is 31.9 Å². The van der Waals surface area contributed by atoms with Crippen LogP contribution in [-0.4, -0.2) is 61.2 Å². The fraction of sp³-hybridized carbons (Fsp3) is 0.421. The van der Waals surface area contributed by atoms with Crippen molar-refractivity contribution >= 4 is 17.5 Å². The second-order valence-corrected chi connectivity index (χ2v) is 6.85. The van der Waals surface area contributed by atoms with E-state index in [9.17, 15) is 4.79 Å². The van der Waals surface area contributed by atoms with Crippen LogP contribution in [0.3, 0.4) is 0 Å². The van der Waals surface area contributed by atoms with Crippen molar-refractivity contribution < 1.29 is 9.53 Å². The highest BCUT2D eigenvalue weighted by Gasteiger charge is 2.27. The lowest BCUT2D eigenvalue weighted by Gasteiger charge is -2.26. The number of hydrogen-bond acceptors (Lipinski definition) is 6. The molecular formula is C19H23N5O2. The maximum absolute atomic E-state index is 12.9. The first-order valence-electron chi connectivity index (χ1n) is 8.86. The van der Waals surface area contributed by atoms with Crippen molar-refractivity contribution in [1.82, 2.24) is 14.9 Å². The highest BCUT2D eigenvalue weighted by Crippen LogP contribution is 2.25. The maximum atomic E-state index is 12.9. The average molecular weight is 353 g/mol. The van der Waals surface area contributed by atoms with E-state index in [1.54, 1.807) is 0 Å². The highest BCUT2D eigenvalue weighted by molar-refractivity contribution is 5.95. The third kappa shape index (κ3) is 3.22. The van der Waals surface area contributed by atoms with Gasteiger partial charge >= 0.3 is 0 Å². The molecule has 136 valence electrons. The fourth-order valence-corrected chi connectivity index (χ4v) is 3.30. The summed E-state index contributed by atoms with van der Waals surface area (Å²) in [5.41, 5.74) is 3.69. The molecular weight excluding hydrogens is 330 g/mol. The number of benzene rings is 1. The number of hydrogen-bond donors (Lipinski definition) is 0. The van der Waals surface area contributed by atoms with Crippen molar-refractivity contribution in [3.8, 4) is 0 Å². The van der Waals surface area contributed by atoms with Crippen LogP contribution in [0.5, 0.6) is 0 Å². The van der Waals surface area contributed by atoms with Gasteiger partial charge in [0.25, 0.3) is 5.91 Å². The van der Waals surface area contributed by atoms with E-state index in [1.165, 1.54) is 0 Å². The van der Waals surface area contributed by atoms with E-state index < -0.39 is 0 Å². The standard InChI is InChI=1S/C19H23N5O2/c1-22(2)16-5-3-4-14(10-16)18(25)24-12-15-11-20-19(21-17(15)13-24)23-6-8-26-9-7-23/h3-5,10-11H,6-9,12-13H2,1-2H3. The van der Waals surface area contributed by atoms with E-state index in [4.69, 9.17) is 9.72 Å². The van der Waals surface area contributed by atoms with Crippen LogP contribution < -0.4 is 9.80 Å². The second-order valence-electron chi connectivity index (χ2n) is 6.85. The van der Waals surface area contributed by atoms with Crippen molar-refractivity contribution in [2.75, 3.05) is 50.2 Å². The van der Waals surface area contributed by atoms with Crippen molar-refractivity contribution in [3.05, 3.63) is 47.3 Å². The van der Waals surface area contributed by atoms with Crippen molar-refractivity contribution in [1.29, 1.82) is 0 Å². The predicted octanol–water partition coefficient (Wildman–Crippen LogP) is 1.54. The second kappa shape index (κ2) is 6.92. The summed E-state index contributed by atoms with van der Waals surface area (Å²) < 4.78 is 5.38. The van der Waals surface area contributed by atoms with Crippen LogP contribution >= 0.6 is 0 Å². The first-order valence-corrected chi connectivity index (χ1v) is 8.86. The van der Waals surface area contributed by atoms with E-state index in [-0.39, 0.29) is 5.91 Å². The Morgan fingerprint density at radius 2 is 2.00 bits per heavy atom. The number of aromatic nitrogens is 2. The zero-order valence-electron chi connectivity index (χ0n) is 15.2. The van der Waals surface area contributed by atoms with Crippen LogP contribution in [-0.2, 0) is 17.8 Å². The minimum absolute atomic E-state index is 0.0274. The van der Waals surface area contributed by atoms with Crippen molar-refractivity contribution in [2.45, 2.75) is 13.1 Å². The molecule has 2 aromatic rings. The molecule has 0 saturated carbocycles. The molecule has 1 saturated heterocycles. The quantitative estimate of drug-likeness (QED) is 0.834. The normalized spacial score (nSPS) is 16.5. The van der Waals surface area contributed by atoms with Crippen LogP contribution in [0.25, 0.3) is 0 Å². The third-order valence-electron chi connectivity index (χ3n) is 4.83. The lowest BCUT2D eigenvalue weighted by atomic mass is 10.1. The van der Waals surface area contributed by atoms with E-state index >= 15 is 0 Å². The lowest BCUT2D eigenvalue weighted by Crippen LogP contribution is -2.37. The van der Waals surface area contributed by atoms with Gasteiger partial charge in [0.2, 0.25) is 5.95 Å². The van der Waals surface area contributed by atoms with Crippen LogP contribution in [0.4, 0.5) is 11.6 Å². The van der Waals surface area contributed by atoms with Crippen molar-refractivity contribution in [2.24, 2.45) is 0 Å². The number of fused-ring (bicyclic) bond motifs is 1. The number of morpholine rings is 1. The molecule has 7 nitrogen and oxygen atoms in total. The Morgan fingerprint density at radius 1 is 1.19 bits per heavy atom. The molecule has 0 spiro atoms. The van der Waals surface area contributed by atoms with Gasteiger partial charge in [-0.15, -0.1) is 0 Å². The Balaban J connectivity index is 1.51. The van der Waals surface area contributed by atoms with Gasteiger partial charge in [-0.05, 0) is 18.2 Å². The smallest absolute Gasteiger partial charge is 0.254 e. The highest BCUT2D eigenvalue weighted by atomic mass is 16.5. The van der Waals surface area contributed by atoms with Crippen LogP contribution in [0.15, 0.2) is 30.5 Å². The fourth-order valence-electron chi connectivity index (χ4n) is 3.30. The first-order chi connectivity index (χ1) is 12.6. The van der Waals surface area contributed by atoms with E-state index in [1.807, 2.05) is 54.4 Å². The zero-order chi connectivity index (χ0) is 18.1. The Hall–Kier alpha value is -2.67. The van der Waals surface area contributed by atoms with Gasteiger partial charge in [0.05, 0.1) is 25.5 Å². The average Bonchev–Trinajstić information content (AvgIpc) is 3.11. The predicted molar refractivity (Wildman–Crippen MR) is 99.4 cm³/mol. The van der Waals surface area contributed by atoms with Crippen LogP contribution in [0, 0.1) is 0 Å². The summed E-state index contributed by atoms with van der Waals surface area (Å²) >= 11 is 0. The summed E-state index contributed by atoms with van der Waals surface area (Å²) in [5.74, 6) is 0.760. The minimum atomic E-state index is 0.0274. The number of carbonyl (C=O) groups excluding carboxylic acids is 1. The Labute approximate surface area is 153 Å². The Morgan fingerprint density at radius 3 is 2.77 bits per heavy atom. The molecule has 1 aromatic carbocycles. The number of amides is 1. The summed E-state index contributed by atoms with van der Waals surface area (Å²) in [5, 5.41) is 0. The van der Waals surface area contributed by atoms with Crippen LogP contribution in [0.1, 0.15) is 21.6 Å². The third-order valence-corrected chi connectivity index (χ3v) is 4.83. The number of anilines is 2. The summed E-state index contributed by atoms with van der Waals surface area (Å²) in [6.07, 6.45) is 1.86. The number of rotatable bonds is 3. The molecule has 1 amide bonds. The summed E-state index contributed by atoms with van der Waals surface area (Å²) in [4.78, 5) is 28.1. The molecule has 3 heterocycles. The van der Waals surface area contributed by atoms with Gasteiger partial charge in [-0.1, -0.05) is 6.07 Å². The van der Waals surface area contributed by atoms with Gasteiger partial charge in [-0.3, -0.25) is 4.79 Å². The first kappa shape index (κ1) is 16.8. The molecule has 0 unspecified atom stereocenters. The molecule has 1 fully saturated rings. The molecule has 26 heavy (non-hydrogen) atoms. The molecule has 0 N–H and O–H groups in total. The molecule has 0 aliphatic carbocycles. The lowest BCUT2D eigenvalue weighted by molar-refractivity contribution is 0.0750. The SMILES string of the molecule is CN(C)c1cccc(C(=O)N2Cc3cnc(N4CCOCC4)nc3C2)c1. The molecule has 2 aliphatic rings. The van der Waals surface area contributed by atoms with Crippen LogP contribution in [0.2, 0.25) is 0 Å². The van der Waals surface area contributed by atoms with Gasteiger partial charge in [0, 0.05) is 56.7 Å². The topological polar surface area (TPSA) is 61.8 Å². The Kier molecular flexibility index (Phi) is 4.46. The number of carbonyl (C=O) groups is 1. The zero-order valence-corrected chi connectivity index (χ0v) is 15.2. The van der Waals surface area contributed by atoms with Gasteiger partial charge in [0.1, 0.15) is 0 Å². The monoisotopic (exact) mass is 353 g/mol. The molecule has 4 rings (SSSR count). The number of nitrogens with zero attached hydrogens (tertiary/aromatic N) is 5. The molecule has 1 aromatic heterocycles. The summed E-state index contributed by atoms with van der Waals surface area (Å²) in [6.45, 7) is 4.10. The molecule has 7 heteroatoms. The molecule has 0 atom stereocenters. The molecule has 0 bridgehead atoms. The largest absolute Gasteiger partial charge is 0.378 e. The number of ether oxygens (including phenoxy) is 1. The van der Waals surface area contributed by atoms with Gasteiger partial charge in [-0.2, -0.15) is 0 Å². The Bertz CT molecular complexity index is 817. The van der Waals surface area contributed by atoms with Gasteiger partial charge < -0.3 is 19.4 Å². The van der Waals surface area contributed by atoms with Gasteiger partial charge in [0.15, 0.2) is 0 Å². The summed E-state index contributed by atoms with van der Waals surface area (Å²) in [6, 6.07) is 7.71. The maximum Gasteiger partial charge on any atom is 0.254 e.